The zero-order chi connectivity index (χ0) is 6.73. The molecule has 47 valence electrons. The summed E-state index contributed by atoms with van der Waals surface area (Å²) in [6, 6.07) is 0. The quantitative estimate of drug-likeness (QED) is 0.465. The first-order valence-electron chi connectivity index (χ1n) is 2.90. The Hall–Kier alpha value is -0.460. The van der Waals surface area contributed by atoms with E-state index in [4.69, 9.17) is 0 Å². The molecule has 1 nitrogen and oxygen atoms in total. The summed E-state index contributed by atoms with van der Waals surface area (Å²) in [5.74, 6) is 0.618. The van der Waals surface area contributed by atoms with Crippen LogP contribution in [0.3, 0.4) is 0 Å². The second-order valence-electron chi connectivity index (χ2n) is 2.39. The molecule has 0 saturated heterocycles. The molecule has 0 fully saturated rings. The van der Waals surface area contributed by atoms with E-state index in [0.29, 0.717) is 5.92 Å². The van der Waals surface area contributed by atoms with E-state index in [-0.39, 0.29) is 5.76 Å². The summed E-state index contributed by atoms with van der Waals surface area (Å²) in [6.07, 6.45) is 0. The third-order valence-corrected chi connectivity index (χ3v) is 1.42. The molecular formula is C7H13O. The van der Waals surface area contributed by atoms with Gasteiger partial charge < -0.3 is 0 Å². The topological polar surface area (TPSA) is 19.9 Å². The van der Waals surface area contributed by atoms with Gasteiger partial charge in [-0.2, -0.15) is 0 Å². The molecule has 0 bridgehead atoms. The standard InChI is InChI=1S/C7H13O/c1-5(2)6(3)7(4)8/h5H,1-4H3. The van der Waals surface area contributed by atoms with Crippen LogP contribution in [-0.4, -0.2) is 0 Å². The van der Waals surface area contributed by atoms with E-state index >= 15 is 0 Å². The lowest BCUT2D eigenvalue weighted by atomic mass is 10.1. The molecule has 0 N–H and O–H groups in total. The molecule has 0 spiro atoms. The Bertz CT molecular complexity index is 97.0. The Labute approximate surface area is 51.0 Å². The maximum Gasteiger partial charge on any atom is 0.151 e. The van der Waals surface area contributed by atoms with Gasteiger partial charge in [-0.3, -0.25) is 5.11 Å². The van der Waals surface area contributed by atoms with Crippen LogP contribution in [0.4, 0.5) is 0 Å². The molecule has 0 aliphatic heterocycles. The predicted octanol–water partition coefficient (Wildman–Crippen LogP) is 2.37. The van der Waals surface area contributed by atoms with Gasteiger partial charge in [0, 0.05) is 0 Å². The van der Waals surface area contributed by atoms with Crippen LogP contribution in [0.2, 0.25) is 0 Å². The van der Waals surface area contributed by atoms with Crippen molar-refractivity contribution in [3.05, 3.63) is 11.3 Å². The fourth-order valence-corrected chi connectivity index (χ4v) is 0.407. The molecule has 0 amide bonds. The average molecular weight is 113 g/mol. The predicted molar refractivity (Wildman–Crippen MR) is 33.9 cm³/mol. The Morgan fingerprint density at radius 2 is 1.62 bits per heavy atom. The fourth-order valence-electron chi connectivity index (χ4n) is 0.407. The van der Waals surface area contributed by atoms with Crippen molar-refractivity contribution in [3.63, 3.8) is 0 Å². The summed E-state index contributed by atoms with van der Waals surface area (Å²) >= 11 is 0. The Kier molecular flexibility index (Phi) is 2.59. The van der Waals surface area contributed by atoms with E-state index in [2.05, 4.69) is 0 Å². The van der Waals surface area contributed by atoms with E-state index in [1.54, 1.807) is 6.92 Å². The monoisotopic (exact) mass is 113 g/mol. The first kappa shape index (κ1) is 7.54. The van der Waals surface area contributed by atoms with Crippen molar-refractivity contribution in [2.75, 3.05) is 0 Å². The average Bonchev–Trinajstić information content (AvgIpc) is 1.64. The zero-order valence-corrected chi connectivity index (χ0v) is 5.99. The minimum absolute atomic E-state index is 0.208. The molecular weight excluding hydrogens is 100 g/mol. The highest BCUT2D eigenvalue weighted by Gasteiger charge is 1.99. The van der Waals surface area contributed by atoms with Crippen LogP contribution in [0.25, 0.3) is 0 Å². The highest BCUT2D eigenvalue weighted by Crippen LogP contribution is 2.10. The minimum atomic E-state index is 0.208. The lowest BCUT2D eigenvalue weighted by molar-refractivity contribution is 0.290. The zero-order valence-electron chi connectivity index (χ0n) is 5.99. The molecule has 0 heterocycles. The molecule has 1 heteroatoms. The van der Waals surface area contributed by atoms with Crippen molar-refractivity contribution in [1.82, 2.24) is 0 Å². The van der Waals surface area contributed by atoms with Crippen LogP contribution in [0.5, 0.6) is 0 Å². The second kappa shape index (κ2) is 2.75. The van der Waals surface area contributed by atoms with E-state index in [1.165, 1.54) is 0 Å². The van der Waals surface area contributed by atoms with E-state index in [1.807, 2.05) is 20.8 Å². The van der Waals surface area contributed by atoms with Gasteiger partial charge in [0.15, 0.2) is 5.76 Å². The summed E-state index contributed by atoms with van der Waals surface area (Å²) in [6.45, 7) is 7.54. The molecule has 0 aromatic carbocycles. The molecule has 8 heavy (non-hydrogen) atoms. The molecule has 0 aliphatic carbocycles. The van der Waals surface area contributed by atoms with Crippen LogP contribution >= 0.6 is 0 Å². The molecule has 0 saturated carbocycles. The summed E-state index contributed by atoms with van der Waals surface area (Å²) in [5, 5.41) is 10.5. The SMILES string of the molecule is CC([O])=C(C)C(C)C. The van der Waals surface area contributed by atoms with Gasteiger partial charge in [0.05, 0.1) is 0 Å². The molecule has 0 rings (SSSR count). The van der Waals surface area contributed by atoms with Gasteiger partial charge in [-0.25, -0.2) is 0 Å². The van der Waals surface area contributed by atoms with E-state index in [0.717, 1.165) is 5.57 Å². The van der Waals surface area contributed by atoms with E-state index in [9.17, 15) is 5.11 Å². The molecule has 0 atom stereocenters. The van der Waals surface area contributed by atoms with Crippen LogP contribution < -0.4 is 0 Å². The first-order chi connectivity index (χ1) is 3.55. The van der Waals surface area contributed by atoms with Gasteiger partial charge in [0.25, 0.3) is 0 Å². The Balaban J connectivity index is 4.00. The van der Waals surface area contributed by atoms with Crippen molar-refractivity contribution < 1.29 is 5.11 Å². The normalized spacial score (nSPS) is 14.1. The van der Waals surface area contributed by atoms with Gasteiger partial charge in [0.2, 0.25) is 0 Å². The van der Waals surface area contributed by atoms with Crippen LogP contribution in [0.1, 0.15) is 27.7 Å². The highest BCUT2D eigenvalue weighted by molar-refractivity contribution is 5.03. The third-order valence-electron chi connectivity index (χ3n) is 1.42. The van der Waals surface area contributed by atoms with Crippen molar-refractivity contribution in [2.45, 2.75) is 27.7 Å². The number of allylic oxidation sites excluding steroid dienone is 2. The Morgan fingerprint density at radius 1 is 1.25 bits per heavy atom. The summed E-state index contributed by atoms with van der Waals surface area (Å²) in [7, 11) is 0. The van der Waals surface area contributed by atoms with Crippen molar-refractivity contribution >= 4 is 0 Å². The first-order valence-corrected chi connectivity index (χ1v) is 2.90. The molecule has 1 radical (unpaired) electrons. The number of hydrogen-bond donors (Lipinski definition) is 0. The summed E-state index contributed by atoms with van der Waals surface area (Å²) in [5.41, 5.74) is 0.963. The van der Waals surface area contributed by atoms with Gasteiger partial charge in [-0.1, -0.05) is 13.8 Å². The van der Waals surface area contributed by atoms with Gasteiger partial charge in [0.1, 0.15) is 0 Å². The largest absolute Gasteiger partial charge is 0.295 e. The van der Waals surface area contributed by atoms with Crippen molar-refractivity contribution in [2.24, 2.45) is 5.92 Å². The lowest BCUT2D eigenvalue weighted by Crippen LogP contribution is -1.90. The second-order valence-corrected chi connectivity index (χ2v) is 2.39. The molecule has 0 aromatic heterocycles. The smallest absolute Gasteiger partial charge is 0.151 e. The summed E-state index contributed by atoms with van der Waals surface area (Å²) in [4.78, 5) is 0. The number of rotatable bonds is 1. The maximum atomic E-state index is 10.5. The highest BCUT2D eigenvalue weighted by atomic mass is 16.3. The number of hydrogen-bond acceptors (Lipinski definition) is 0. The summed E-state index contributed by atoms with van der Waals surface area (Å²) < 4.78 is 0. The molecule has 0 unspecified atom stereocenters. The van der Waals surface area contributed by atoms with Crippen molar-refractivity contribution in [3.8, 4) is 0 Å². The Morgan fingerprint density at radius 3 is 1.62 bits per heavy atom. The van der Waals surface area contributed by atoms with Crippen LogP contribution in [0.15, 0.2) is 11.3 Å². The van der Waals surface area contributed by atoms with E-state index < -0.39 is 0 Å². The molecule has 0 aromatic rings. The fraction of sp³-hybridized carbons (Fsp3) is 0.714. The van der Waals surface area contributed by atoms with Gasteiger partial charge >= 0.3 is 0 Å². The van der Waals surface area contributed by atoms with Gasteiger partial charge in [-0.15, -0.1) is 0 Å². The molecule has 0 aliphatic rings. The minimum Gasteiger partial charge on any atom is -0.295 e. The third kappa shape index (κ3) is 2.01. The van der Waals surface area contributed by atoms with Crippen LogP contribution in [-0.2, 0) is 5.11 Å². The van der Waals surface area contributed by atoms with Crippen LogP contribution in [0, 0.1) is 5.92 Å². The lowest BCUT2D eigenvalue weighted by Gasteiger charge is -2.02. The van der Waals surface area contributed by atoms with Crippen molar-refractivity contribution in [1.29, 1.82) is 0 Å². The maximum absolute atomic E-state index is 10.5. The van der Waals surface area contributed by atoms with Gasteiger partial charge in [-0.05, 0) is 25.3 Å².